The van der Waals surface area contributed by atoms with Crippen molar-refractivity contribution in [2.45, 2.75) is 26.3 Å². The molecule has 1 amide bonds. The predicted octanol–water partition coefficient (Wildman–Crippen LogP) is 3.08. The molecule has 1 unspecified atom stereocenters. The average molecular weight is 338 g/mol. The van der Waals surface area contributed by atoms with Gasteiger partial charge in [-0.05, 0) is 44.0 Å². The van der Waals surface area contributed by atoms with E-state index >= 15 is 0 Å². The molecule has 0 saturated carbocycles. The highest BCUT2D eigenvalue weighted by atomic mass is 19.1. The summed E-state index contributed by atoms with van der Waals surface area (Å²) in [5.41, 5.74) is 1.76. The van der Waals surface area contributed by atoms with Crippen LogP contribution in [0.2, 0.25) is 0 Å². The van der Waals surface area contributed by atoms with Gasteiger partial charge in [0.1, 0.15) is 5.82 Å². The van der Waals surface area contributed by atoms with Crippen molar-refractivity contribution in [2.75, 3.05) is 0 Å². The minimum atomic E-state index is -0.261. The molecule has 0 bridgehead atoms. The van der Waals surface area contributed by atoms with Gasteiger partial charge in [0.15, 0.2) is 5.82 Å². The Morgan fingerprint density at radius 2 is 2.00 bits per heavy atom. The first-order valence-electron chi connectivity index (χ1n) is 8.06. The molecule has 128 valence electrons. The highest BCUT2D eigenvalue weighted by Crippen LogP contribution is 2.13. The molecule has 6 heteroatoms. The Morgan fingerprint density at radius 1 is 1.24 bits per heavy atom. The summed E-state index contributed by atoms with van der Waals surface area (Å²) >= 11 is 0. The Balaban J connectivity index is 1.72. The van der Waals surface area contributed by atoms with E-state index in [0.29, 0.717) is 29.1 Å². The molecule has 0 aliphatic heterocycles. The van der Waals surface area contributed by atoms with Gasteiger partial charge in [-0.2, -0.15) is 5.10 Å². The number of amides is 1. The summed E-state index contributed by atoms with van der Waals surface area (Å²) in [6.07, 6.45) is 3.62. The zero-order valence-electron chi connectivity index (χ0n) is 14.1. The lowest BCUT2D eigenvalue weighted by Crippen LogP contribution is -2.34. The quantitative estimate of drug-likeness (QED) is 0.778. The predicted molar refractivity (Wildman–Crippen MR) is 93.1 cm³/mol. The van der Waals surface area contributed by atoms with Crippen LogP contribution in [0.1, 0.15) is 28.5 Å². The summed E-state index contributed by atoms with van der Waals surface area (Å²) in [4.78, 5) is 16.8. The van der Waals surface area contributed by atoms with Crippen LogP contribution >= 0.6 is 0 Å². The third-order valence-corrected chi connectivity index (χ3v) is 3.98. The number of nitrogens with zero attached hydrogens (tertiary/aromatic N) is 3. The third kappa shape index (κ3) is 3.74. The maximum Gasteiger partial charge on any atom is 0.254 e. The van der Waals surface area contributed by atoms with Crippen LogP contribution in [-0.2, 0) is 6.42 Å². The number of pyridine rings is 1. The van der Waals surface area contributed by atoms with E-state index in [1.807, 2.05) is 32.0 Å². The normalized spacial score (nSPS) is 12.0. The Bertz CT molecular complexity index is 876. The second-order valence-corrected chi connectivity index (χ2v) is 5.91. The first-order valence-corrected chi connectivity index (χ1v) is 8.06. The first-order chi connectivity index (χ1) is 12.1. The van der Waals surface area contributed by atoms with Crippen LogP contribution in [0.5, 0.6) is 0 Å². The largest absolute Gasteiger partial charge is 0.349 e. The Labute approximate surface area is 145 Å². The van der Waals surface area contributed by atoms with Crippen LogP contribution in [0.4, 0.5) is 4.39 Å². The number of rotatable bonds is 5. The highest BCUT2D eigenvalue weighted by Gasteiger charge is 2.18. The summed E-state index contributed by atoms with van der Waals surface area (Å²) in [6.45, 7) is 3.67. The van der Waals surface area contributed by atoms with E-state index in [-0.39, 0.29) is 17.8 Å². The minimum Gasteiger partial charge on any atom is -0.349 e. The molecule has 1 aromatic carbocycles. The molecule has 0 aliphatic rings. The fraction of sp³-hybridized carbons (Fsp3) is 0.211. The molecular weight excluding hydrogens is 319 g/mol. The van der Waals surface area contributed by atoms with Crippen molar-refractivity contribution in [3.05, 3.63) is 77.5 Å². The Morgan fingerprint density at radius 3 is 2.72 bits per heavy atom. The molecule has 0 radical (unpaired) electrons. The number of hydrogen-bond donors (Lipinski definition) is 1. The summed E-state index contributed by atoms with van der Waals surface area (Å²) in [5, 5.41) is 7.14. The lowest BCUT2D eigenvalue weighted by atomic mass is 10.1. The third-order valence-electron chi connectivity index (χ3n) is 3.98. The van der Waals surface area contributed by atoms with E-state index in [0.717, 1.165) is 0 Å². The van der Waals surface area contributed by atoms with Gasteiger partial charge in [-0.15, -0.1) is 0 Å². The molecule has 2 heterocycles. The van der Waals surface area contributed by atoms with Crippen LogP contribution in [0, 0.1) is 12.7 Å². The Kier molecular flexibility index (Phi) is 4.88. The monoisotopic (exact) mass is 338 g/mol. The van der Waals surface area contributed by atoms with Gasteiger partial charge in [-0.3, -0.25) is 4.79 Å². The molecule has 25 heavy (non-hydrogen) atoms. The van der Waals surface area contributed by atoms with Gasteiger partial charge >= 0.3 is 0 Å². The zero-order valence-corrected chi connectivity index (χ0v) is 14.1. The molecule has 0 fully saturated rings. The molecule has 0 aliphatic carbocycles. The molecule has 0 saturated heterocycles. The minimum absolute atomic E-state index is 0.206. The molecule has 1 atom stereocenters. The number of nitrogens with one attached hydrogen (secondary N) is 1. The first kappa shape index (κ1) is 16.8. The standard InChI is InChI=1S/C19H19FN4O/c1-13(11-15-7-3-4-8-17(15)20)23-19(25)16-12-22-24(14(16)2)18-9-5-6-10-21-18/h3-10,12-13H,11H2,1-2H3,(H,23,25). The van der Waals surface area contributed by atoms with E-state index in [1.165, 1.54) is 12.3 Å². The van der Waals surface area contributed by atoms with Gasteiger partial charge in [0, 0.05) is 12.2 Å². The molecule has 2 aromatic heterocycles. The van der Waals surface area contributed by atoms with Gasteiger partial charge in [0.05, 0.1) is 17.5 Å². The summed E-state index contributed by atoms with van der Waals surface area (Å²) in [7, 11) is 0. The molecule has 1 N–H and O–H groups in total. The van der Waals surface area contributed by atoms with E-state index in [9.17, 15) is 9.18 Å². The van der Waals surface area contributed by atoms with Gasteiger partial charge in [0.25, 0.3) is 5.91 Å². The number of aromatic nitrogens is 3. The number of benzene rings is 1. The van der Waals surface area contributed by atoms with Gasteiger partial charge < -0.3 is 5.32 Å². The number of hydrogen-bond acceptors (Lipinski definition) is 3. The van der Waals surface area contributed by atoms with Crippen LogP contribution in [-0.4, -0.2) is 26.7 Å². The SMILES string of the molecule is Cc1c(C(=O)NC(C)Cc2ccccc2F)cnn1-c1ccccn1. The van der Waals surface area contributed by atoms with Gasteiger partial charge in [-0.25, -0.2) is 14.1 Å². The van der Waals surface area contributed by atoms with Crippen molar-refractivity contribution < 1.29 is 9.18 Å². The smallest absolute Gasteiger partial charge is 0.254 e. The van der Waals surface area contributed by atoms with Crippen LogP contribution in [0.3, 0.4) is 0 Å². The zero-order chi connectivity index (χ0) is 17.8. The van der Waals surface area contributed by atoms with Crippen molar-refractivity contribution in [3.63, 3.8) is 0 Å². The molecule has 3 aromatic rings. The van der Waals surface area contributed by atoms with Gasteiger partial charge in [0.2, 0.25) is 0 Å². The summed E-state index contributed by atoms with van der Waals surface area (Å²) < 4.78 is 15.4. The van der Waals surface area contributed by atoms with Crippen molar-refractivity contribution in [3.8, 4) is 5.82 Å². The lowest BCUT2D eigenvalue weighted by molar-refractivity contribution is 0.0939. The summed E-state index contributed by atoms with van der Waals surface area (Å²) in [5.74, 6) is 0.157. The van der Waals surface area contributed by atoms with Gasteiger partial charge in [-0.1, -0.05) is 24.3 Å². The van der Waals surface area contributed by atoms with Crippen molar-refractivity contribution in [1.29, 1.82) is 0 Å². The Hall–Kier alpha value is -3.02. The van der Waals surface area contributed by atoms with Crippen molar-refractivity contribution in [2.24, 2.45) is 0 Å². The van der Waals surface area contributed by atoms with Crippen LogP contribution < -0.4 is 5.32 Å². The van der Waals surface area contributed by atoms with Crippen molar-refractivity contribution >= 4 is 5.91 Å². The maximum atomic E-state index is 13.7. The fourth-order valence-electron chi connectivity index (χ4n) is 2.69. The highest BCUT2D eigenvalue weighted by molar-refractivity contribution is 5.95. The van der Waals surface area contributed by atoms with E-state index < -0.39 is 0 Å². The maximum absolute atomic E-state index is 13.7. The van der Waals surface area contributed by atoms with Crippen molar-refractivity contribution in [1.82, 2.24) is 20.1 Å². The fourth-order valence-corrected chi connectivity index (χ4v) is 2.69. The van der Waals surface area contributed by atoms with Crippen LogP contribution in [0.25, 0.3) is 5.82 Å². The lowest BCUT2D eigenvalue weighted by Gasteiger charge is -2.14. The number of halogens is 1. The van der Waals surface area contributed by atoms with E-state index in [1.54, 1.807) is 29.1 Å². The molecular formula is C19H19FN4O. The van der Waals surface area contributed by atoms with E-state index in [2.05, 4.69) is 15.4 Å². The second kappa shape index (κ2) is 7.25. The molecule has 5 nitrogen and oxygen atoms in total. The summed E-state index contributed by atoms with van der Waals surface area (Å²) in [6, 6.07) is 11.9. The molecule has 3 rings (SSSR count). The van der Waals surface area contributed by atoms with Crippen LogP contribution in [0.15, 0.2) is 54.9 Å². The topological polar surface area (TPSA) is 59.8 Å². The second-order valence-electron chi connectivity index (χ2n) is 5.91. The number of carbonyl (C=O) groups is 1. The van der Waals surface area contributed by atoms with E-state index in [4.69, 9.17) is 0 Å². The average Bonchev–Trinajstić information content (AvgIpc) is 2.99. The molecule has 0 spiro atoms. The number of carbonyl (C=O) groups excluding carboxylic acids is 1.